The second-order valence-electron chi connectivity index (χ2n) is 6.58. The first-order chi connectivity index (χ1) is 10.9. The largest absolute Gasteiger partial charge is 0.435 e. The Morgan fingerprint density at radius 1 is 1.22 bits per heavy atom. The summed E-state index contributed by atoms with van der Waals surface area (Å²) in [4.78, 5) is 12.1. The zero-order chi connectivity index (χ0) is 16.4. The summed E-state index contributed by atoms with van der Waals surface area (Å²) in [6.07, 6.45) is 2.59. The fraction of sp³-hybridized carbons (Fsp3) is 0.750. The predicted octanol–water partition coefficient (Wildman–Crippen LogP) is 3.48. The van der Waals surface area contributed by atoms with Gasteiger partial charge in [-0.05, 0) is 31.7 Å². The van der Waals surface area contributed by atoms with Crippen molar-refractivity contribution in [2.45, 2.75) is 63.6 Å². The van der Waals surface area contributed by atoms with E-state index in [1.54, 1.807) is 0 Å². The lowest BCUT2D eigenvalue weighted by Gasteiger charge is -2.20. The normalized spacial score (nSPS) is 19.8. The second kappa shape index (κ2) is 6.53. The van der Waals surface area contributed by atoms with Crippen LogP contribution in [-0.2, 0) is 17.5 Å². The monoisotopic (exact) mass is 329 g/mol. The maximum absolute atomic E-state index is 12.8. The quantitative estimate of drug-likeness (QED) is 0.899. The summed E-state index contributed by atoms with van der Waals surface area (Å²) in [7, 11) is 0. The Hall–Kier alpha value is -1.53. The van der Waals surface area contributed by atoms with Crippen molar-refractivity contribution in [1.29, 1.82) is 0 Å². The first-order valence-electron chi connectivity index (χ1n) is 8.38. The van der Waals surface area contributed by atoms with Crippen LogP contribution in [0.5, 0.6) is 0 Å². The predicted molar refractivity (Wildman–Crippen MR) is 78.8 cm³/mol. The molecule has 1 amide bonds. The van der Waals surface area contributed by atoms with Crippen LogP contribution in [0.1, 0.15) is 62.3 Å². The van der Waals surface area contributed by atoms with Gasteiger partial charge in [0.2, 0.25) is 5.91 Å². The van der Waals surface area contributed by atoms with E-state index in [1.807, 2.05) is 0 Å². The number of carbonyl (C=O) groups is 1. The third kappa shape index (κ3) is 4.06. The zero-order valence-corrected chi connectivity index (χ0v) is 13.0. The van der Waals surface area contributed by atoms with Gasteiger partial charge in [0.05, 0.1) is 6.54 Å². The molecule has 0 spiro atoms. The van der Waals surface area contributed by atoms with Crippen molar-refractivity contribution in [1.82, 2.24) is 15.1 Å². The molecule has 0 atom stereocenters. The third-order valence-electron chi connectivity index (χ3n) is 4.70. The van der Waals surface area contributed by atoms with Crippen LogP contribution in [0.15, 0.2) is 6.07 Å². The zero-order valence-electron chi connectivity index (χ0n) is 13.0. The minimum absolute atomic E-state index is 0.0286. The molecule has 3 rings (SSSR count). The Kier molecular flexibility index (Phi) is 4.64. The van der Waals surface area contributed by atoms with Gasteiger partial charge in [0.15, 0.2) is 5.69 Å². The number of hydrogen-bond acceptors (Lipinski definition) is 2. The summed E-state index contributed by atoms with van der Waals surface area (Å²) >= 11 is 0. The maximum Gasteiger partial charge on any atom is 0.435 e. The SMILES string of the molecule is O=C(NCCn1nc(C(F)(F)F)cc1C1CC1)C1CCCCC1. The van der Waals surface area contributed by atoms with Crippen LogP contribution in [0.2, 0.25) is 0 Å². The summed E-state index contributed by atoms with van der Waals surface area (Å²) in [5, 5.41) is 6.55. The molecular formula is C16H22F3N3O. The maximum atomic E-state index is 12.8. The lowest BCUT2D eigenvalue weighted by atomic mass is 9.89. The molecule has 2 fully saturated rings. The molecule has 4 nitrogen and oxygen atoms in total. The molecule has 0 saturated heterocycles. The van der Waals surface area contributed by atoms with Gasteiger partial charge in [0, 0.05) is 24.1 Å². The topological polar surface area (TPSA) is 46.9 Å². The van der Waals surface area contributed by atoms with E-state index in [4.69, 9.17) is 0 Å². The van der Waals surface area contributed by atoms with Crippen LogP contribution in [0, 0.1) is 5.92 Å². The van der Waals surface area contributed by atoms with Crippen molar-refractivity contribution in [3.8, 4) is 0 Å². The van der Waals surface area contributed by atoms with Gasteiger partial charge in [-0.25, -0.2) is 0 Å². The standard InChI is InChI=1S/C16H22F3N3O/c17-16(18,19)14-10-13(11-6-7-11)22(21-14)9-8-20-15(23)12-4-2-1-3-5-12/h10-12H,1-9H2,(H,20,23). The van der Waals surface area contributed by atoms with Crippen LogP contribution in [0.25, 0.3) is 0 Å². The molecule has 1 N–H and O–H groups in total. The minimum atomic E-state index is -4.42. The van der Waals surface area contributed by atoms with Crippen molar-refractivity contribution in [2.75, 3.05) is 6.54 Å². The second-order valence-corrected chi connectivity index (χ2v) is 6.58. The molecule has 0 aromatic carbocycles. The van der Waals surface area contributed by atoms with E-state index < -0.39 is 11.9 Å². The Bertz CT molecular complexity index is 557. The van der Waals surface area contributed by atoms with Crippen LogP contribution in [0.3, 0.4) is 0 Å². The highest BCUT2D eigenvalue weighted by atomic mass is 19.4. The van der Waals surface area contributed by atoms with Crippen molar-refractivity contribution in [2.24, 2.45) is 5.92 Å². The van der Waals surface area contributed by atoms with Gasteiger partial charge >= 0.3 is 6.18 Å². The number of aromatic nitrogens is 2. The third-order valence-corrected chi connectivity index (χ3v) is 4.70. The summed E-state index contributed by atoms with van der Waals surface area (Å²) in [6, 6.07) is 1.15. The molecule has 0 aliphatic heterocycles. The summed E-state index contributed by atoms with van der Waals surface area (Å²) in [5.41, 5.74) is -0.192. The van der Waals surface area contributed by atoms with Crippen LogP contribution in [-0.4, -0.2) is 22.2 Å². The molecule has 0 bridgehead atoms. The number of nitrogens with one attached hydrogen (secondary N) is 1. The van der Waals surface area contributed by atoms with Crippen molar-refractivity contribution in [3.63, 3.8) is 0 Å². The molecule has 2 saturated carbocycles. The molecule has 128 valence electrons. The number of halogens is 3. The van der Waals surface area contributed by atoms with Gasteiger partial charge in [-0.3, -0.25) is 9.48 Å². The van der Waals surface area contributed by atoms with E-state index in [9.17, 15) is 18.0 Å². The van der Waals surface area contributed by atoms with Crippen molar-refractivity contribution >= 4 is 5.91 Å². The Morgan fingerprint density at radius 2 is 1.91 bits per heavy atom. The van der Waals surface area contributed by atoms with Crippen molar-refractivity contribution in [3.05, 3.63) is 17.5 Å². The van der Waals surface area contributed by atoms with Crippen LogP contribution in [0.4, 0.5) is 13.2 Å². The highest BCUT2D eigenvalue weighted by Gasteiger charge is 2.37. The highest BCUT2D eigenvalue weighted by Crippen LogP contribution is 2.42. The molecule has 23 heavy (non-hydrogen) atoms. The lowest BCUT2D eigenvalue weighted by molar-refractivity contribution is -0.141. The van der Waals surface area contributed by atoms with Gasteiger partial charge in [0.25, 0.3) is 0 Å². The van der Waals surface area contributed by atoms with Gasteiger partial charge in [0.1, 0.15) is 0 Å². The molecule has 2 aliphatic rings. The lowest BCUT2D eigenvalue weighted by Crippen LogP contribution is -2.34. The fourth-order valence-electron chi connectivity index (χ4n) is 3.25. The molecule has 7 heteroatoms. The number of carbonyl (C=O) groups excluding carboxylic acids is 1. The Labute approximate surface area is 133 Å². The van der Waals surface area contributed by atoms with E-state index in [0.29, 0.717) is 18.8 Å². The van der Waals surface area contributed by atoms with Gasteiger partial charge in [-0.2, -0.15) is 18.3 Å². The molecule has 1 aromatic rings. The first-order valence-corrected chi connectivity index (χ1v) is 8.38. The average molecular weight is 329 g/mol. The van der Waals surface area contributed by atoms with E-state index in [-0.39, 0.29) is 17.7 Å². The number of amides is 1. The molecular weight excluding hydrogens is 307 g/mol. The van der Waals surface area contributed by atoms with E-state index in [1.165, 1.54) is 11.1 Å². The number of hydrogen-bond donors (Lipinski definition) is 1. The van der Waals surface area contributed by atoms with Gasteiger partial charge < -0.3 is 5.32 Å². The Balaban J connectivity index is 1.57. The highest BCUT2D eigenvalue weighted by molar-refractivity contribution is 5.78. The smallest absolute Gasteiger partial charge is 0.354 e. The van der Waals surface area contributed by atoms with Crippen LogP contribution >= 0.6 is 0 Å². The van der Waals surface area contributed by atoms with Gasteiger partial charge in [-0.15, -0.1) is 0 Å². The molecule has 0 radical (unpaired) electrons. The molecule has 2 aliphatic carbocycles. The average Bonchev–Trinajstić information content (AvgIpc) is 3.27. The summed E-state index contributed by atoms with van der Waals surface area (Å²) < 4.78 is 39.9. The fourth-order valence-corrected chi connectivity index (χ4v) is 3.25. The molecule has 1 aromatic heterocycles. The molecule has 1 heterocycles. The summed E-state index contributed by atoms with van der Waals surface area (Å²) in [6.45, 7) is 0.619. The molecule has 0 unspecified atom stereocenters. The van der Waals surface area contributed by atoms with Crippen LogP contribution < -0.4 is 5.32 Å². The number of nitrogens with zero attached hydrogens (tertiary/aromatic N) is 2. The van der Waals surface area contributed by atoms with E-state index in [2.05, 4.69) is 10.4 Å². The first kappa shape index (κ1) is 16.3. The number of alkyl halides is 3. The van der Waals surface area contributed by atoms with Gasteiger partial charge in [-0.1, -0.05) is 19.3 Å². The van der Waals surface area contributed by atoms with E-state index >= 15 is 0 Å². The number of rotatable bonds is 5. The minimum Gasteiger partial charge on any atom is -0.354 e. The van der Waals surface area contributed by atoms with E-state index in [0.717, 1.165) is 44.6 Å². The van der Waals surface area contributed by atoms with Crippen molar-refractivity contribution < 1.29 is 18.0 Å². The Morgan fingerprint density at radius 3 is 2.52 bits per heavy atom. The summed E-state index contributed by atoms with van der Waals surface area (Å²) in [5.74, 6) is 0.281.